The molecule has 0 spiro atoms. The molecule has 1 aliphatic carbocycles. The van der Waals surface area contributed by atoms with Crippen LogP contribution in [0.25, 0.3) is 0 Å². The van der Waals surface area contributed by atoms with Crippen molar-refractivity contribution in [2.45, 2.75) is 38.3 Å². The summed E-state index contributed by atoms with van der Waals surface area (Å²) in [6, 6.07) is 0.498. The molecule has 116 valence electrons. The zero-order valence-corrected chi connectivity index (χ0v) is 13.2. The van der Waals surface area contributed by atoms with Gasteiger partial charge in [-0.25, -0.2) is 4.98 Å². The first-order valence-electron chi connectivity index (χ1n) is 7.05. The number of carbonyl (C=O) groups excluding carboxylic acids is 1. The minimum absolute atomic E-state index is 0.0424. The highest BCUT2D eigenvalue weighted by Crippen LogP contribution is 2.28. The van der Waals surface area contributed by atoms with Crippen LogP contribution < -0.4 is 0 Å². The number of rotatable bonds is 8. The minimum atomic E-state index is -0.767. The van der Waals surface area contributed by atoms with Gasteiger partial charge in [0.15, 0.2) is 0 Å². The van der Waals surface area contributed by atoms with Crippen molar-refractivity contribution in [1.29, 1.82) is 0 Å². The van der Waals surface area contributed by atoms with E-state index in [2.05, 4.69) is 9.88 Å². The zero-order valence-electron chi connectivity index (χ0n) is 12.4. The lowest BCUT2D eigenvalue weighted by molar-refractivity contribution is -0.137. The van der Waals surface area contributed by atoms with E-state index < -0.39 is 5.97 Å². The molecule has 1 fully saturated rings. The van der Waals surface area contributed by atoms with Crippen molar-refractivity contribution in [1.82, 2.24) is 14.8 Å². The Hall–Kier alpha value is -1.47. The summed E-state index contributed by atoms with van der Waals surface area (Å²) in [5.74, 6) is -0.725. The van der Waals surface area contributed by atoms with Gasteiger partial charge in [0.1, 0.15) is 5.01 Å². The molecule has 1 aromatic heterocycles. The van der Waals surface area contributed by atoms with E-state index in [1.165, 1.54) is 11.3 Å². The normalized spacial score (nSPS) is 14.4. The van der Waals surface area contributed by atoms with Crippen LogP contribution in [0.2, 0.25) is 0 Å². The van der Waals surface area contributed by atoms with Gasteiger partial charge in [0.05, 0.1) is 18.5 Å². The van der Waals surface area contributed by atoms with Crippen LogP contribution in [0.1, 0.15) is 30.0 Å². The molecule has 7 heteroatoms. The Bertz CT molecular complexity index is 511. The summed E-state index contributed by atoms with van der Waals surface area (Å²) in [5.41, 5.74) is 0.929. The molecule has 1 saturated carbocycles. The minimum Gasteiger partial charge on any atom is -0.481 e. The number of thiazole rings is 1. The Balaban J connectivity index is 1.90. The molecule has 6 nitrogen and oxygen atoms in total. The summed E-state index contributed by atoms with van der Waals surface area (Å²) in [5, 5.41) is 11.6. The molecule has 1 N–H and O–H groups in total. The molecular formula is C14H21N3O3S. The average molecular weight is 311 g/mol. The largest absolute Gasteiger partial charge is 0.481 e. The number of carboxylic acids is 1. The number of aromatic nitrogens is 1. The zero-order chi connectivity index (χ0) is 15.4. The summed E-state index contributed by atoms with van der Waals surface area (Å²) < 4.78 is 0. The molecule has 1 aliphatic rings. The number of carbonyl (C=O) groups is 2. The summed E-state index contributed by atoms with van der Waals surface area (Å²) >= 11 is 1.49. The fourth-order valence-electron chi connectivity index (χ4n) is 2.07. The van der Waals surface area contributed by atoms with Crippen LogP contribution in [-0.4, -0.2) is 58.4 Å². The third-order valence-electron chi connectivity index (χ3n) is 3.44. The fourth-order valence-corrected chi connectivity index (χ4v) is 2.84. The second-order valence-corrected chi connectivity index (χ2v) is 6.49. The van der Waals surface area contributed by atoms with E-state index in [-0.39, 0.29) is 12.3 Å². The van der Waals surface area contributed by atoms with Gasteiger partial charge in [0, 0.05) is 38.6 Å². The molecule has 21 heavy (non-hydrogen) atoms. The van der Waals surface area contributed by atoms with Crippen LogP contribution in [-0.2, 0) is 22.6 Å². The van der Waals surface area contributed by atoms with Crippen molar-refractivity contribution in [2.75, 3.05) is 20.6 Å². The maximum absolute atomic E-state index is 11.7. The van der Waals surface area contributed by atoms with Gasteiger partial charge in [0.25, 0.3) is 0 Å². The molecule has 0 bridgehead atoms. The van der Waals surface area contributed by atoms with E-state index in [9.17, 15) is 9.59 Å². The third-order valence-corrected chi connectivity index (χ3v) is 4.34. The van der Waals surface area contributed by atoms with Crippen molar-refractivity contribution < 1.29 is 14.7 Å². The molecule has 1 heterocycles. The highest BCUT2D eigenvalue weighted by atomic mass is 32.1. The van der Waals surface area contributed by atoms with Crippen molar-refractivity contribution in [3.8, 4) is 0 Å². The molecule has 2 rings (SSSR count). The van der Waals surface area contributed by atoms with E-state index in [0.29, 0.717) is 25.6 Å². The Kier molecular flexibility index (Phi) is 5.30. The van der Waals surface area contributed by atoms with Gasteiger partial charge in [0.2, 0.25) is 5.91 Å². The Labute approximate surface area is 128 Å². The molecule has 0 aromatic carbocycles. The van der Waals surface area contributed by atoms with E-state index in [0.717, 1.165) is 23.5 Å². The molecule has 0 unspecified atom stereocenters. The quantitative estimate of drug-likeness (QED) is 0.781. The standard InChI is InChI=1S/C14H21N3O3S/c1-16(2)13(18)7-12-15-10(9-21-12)8-17(11-3-4-11)6-5-14(19)20/h9,11H,3-8H2,1-2H3,(H,19,20). The highest BCUT2D eigenvalue weighted by Gasteiger charge is 2.29. The van der Waals surface area contributed by atoms with Gasteiger partial charge in [-0.05, 0) is 12.8 Å². The maximum atomic E-state index is 11.7. The van der Waals surface area contributed by atoms with E-state index in [4.69, 9.17) is 5.11 Å². The van der Waals surface area contributed by atoms with Crippen LogP contribution in [0.5, 0.6) is 0 Å². The highest BCUT2D eigenvalue weighted by molar-refractivity contribution is 7.09. The van der Waals surface area contributed by atoms with Gasteiger partial charge in [-0.1, -0.05) is 0 Å². The fraction of sp³-hybridized carbons (Fsp3) is 0.643. The number of nitrogens with zero attached hydrogens (tertiary/aromatic N) is 3. The van der Waals surface area contributed by atoms with E-state index in [1.807, 2.05) is 5.38 Å². The molecule has 0 saturated heterocycles. The summed E-state index contributed by atoms with van der Waals surface area (Å²) in [6.45, 7) is 1.23. The average Bonchev–Trinajstić information content (AvgIpc) is 3.16. The van der Waals surface area contributed by atoms with Gasteiger partial charge >= 0.3 is 5.97 Å². The number of likely N-dealkylation sites (N-methyl/N-ethyl adjacent to an activating group) is 1. The lowest BCUT2D eigenvalue weighted by atomic mass is 10.3. The number of hydrogen-bond acceptors (Lipinski definition) is 5. The van der Waals surface area contributed by atoms with Gasteiger partial charge in [-0.3, -0.25) is 14.5 Å². The Morgan fingerprint density at radius 1 is 1.43 bits per heavy atom. The van der Waals surface area contributed by atoms with Crippen molar-refractivity contribution in [2.24, 2.45) is 0 Å². The van der Waals surface area contributed by atoms with Crippen molar-refractivity contribution in [3.05, 3.63) is 16.1 Å². The second-order valence-electron chi connectivity index (χ2n) is 5.54. The number of amides is 1. The smallest absolute Gasteiger partial charge is 0.304 e. The van der Waals surface area contributed by atoms with Crippen LogP contribution in [0, 0.1) is 0 Å². The Morgan fingerprint density at radius 2 is 2.14 bits per heavy atom. The van der Waals surface area contributed by atoms with E-state index in [1.54, 1.807) is 19.0 Å². The summed E-state index contributed by atoms with van der Waals surface area (Å²) in [6.07, 6.45) is 2.76. The first-order chi connectivity index (χ1) is 9.95. The number of hydrogen-bond donors (Lipinski definition) is 1. The van der Waals surface area contributed by atoms with Crippen LogP contribution >= 0.6 is 11.3 Å². The lowest BCUT2D eigenvalue weighted by Gasteiger charge is -2.19. The second kappa shape index (κ2) is 7.00. The van der Waals surface area contributed by atoms with Gasteiger partial charge in [-0.15, -0.1) is 11.3 Å². The summed E-state index contributed by atoms with van der Waals surface area (Å²) in [4.78, 5) is 30.6. The first-order valence-corrected chi connectivity index (χ1v) is 7.93. The molecule has 0 atom stereocenters. The number of aliphatic carboxylic acids is 1. The van der Waals surface area contributed by atoms with Crippen LogP contribution in [0.15, 0.2) is 5.38 Å². The topological polar surface area (TPSA) is 73.7 Å². The molecule has 1 aromatic rings. The van der Waals surface area contributed by atoms with Crippen molar-refractivity contribution in [3.63, 3.8) is 0 Å². The molecule has 1 amide bonds. The first kappa shape index (κ1) is 15.9. The molecule has 0 radical (unpaired) electrons. The number of carboxylic acid groups (broad SMARTS) is 1. The van der Waals surface area contributed by atoms with E-state index >= 15 is 0 Å². The summed E-state index contributed by atoms with van der Waals surface area (Å²) in [7, 11) is 3.47. The van der Waals surface area contributed by atoms with Crippen molar-refractivity contribution >= 4 is 23.2 Å². The van der Waals surface area contributed by atoms with Gasteiger partial charge < -0.3 is 10.0 Å². The SMILES string of the molecule is CN(C)C(=O)Cc1nc(CN(CCC(=O)O)C2CC2)cs1. The lowest BCUT2D eigenvalue weighted by Crippen LogP contribution is -2.28. The third kappa shape index (κ3) is 5.09. The van der Waals surface area contributed by atoms with Crippen LogP contribution in [0.3, 0.4) is 0 Å². The van der Waals surface area contributed by atoms with Crippen LogP contribution in [0.4, 0.5) is 0 Å². The molecule has 0 aliphatic heterocycles. The molecular weight excluding hydrogens is 290 g/mol. The maximum Gasteiger partial charge on any atom is 0.304 e. The monoisotopic (exact) mass is 311 g/mol. The predicted octanol–water partition coefficient (Wildman–Crippen LogP) is 1.21. The van der Waals surface area contributed by atoms with Gasteiger partial charge in [-0.2, -0.15) is 0 Å². The Morgan fingerprint density at radius 3 is 2.71 bits per heavy atom. The predicted molar refractivity (Wildman–Crippen MR) is 80.2 cm³/mol.